The lowest BCUT2D eigenvalue weighted by Crippen LogP contribution is -2.34. The van der Waals surface area contributed by atoms with Gasteiger partial charge in [-0.15, -0.1) is 0 Å². The molecule has 4 aromatic rings. The van der Waals surface area contributed by atoms with Gasteiger partial charge in [0, 0.05) is 34.3 Å². The molecule has 0 bridgehead atoms. The zero-order valence-electron chi connectivity index (χ0n) is 24.5. The van der Waals surface area contributed by atoms with Gasteiger partial charge >= 0.3 is 5.97 Å². The molecule has 5 rings (SSSR count). The molecular formula is C35H38N2O4. The molecule has 6 heteroatoms. The van der Waals surface area contributed by atoms with Crippen LogP contribution in [0.1, 0.15) is 45.5 Å². The molecule has 1 aliphatic rings. The van der Waals surface area contributed by atoms with Gasteiger partial charge in [0.15, 0.2) is 5.60 Å². The van der Waals surface area contributed by atoms with Gasteiger partial charge in [-0.25, -0.2) is 4.79 Å². The summed E-state index contributed by atoms with van der Waals surface area (Å²) >= 11 is 0. The van der Waals surface area contributed by atoms with Gasteiger partial charge in [-0.05, 0) is 87.8 Å². The first-order valence-corrected chi connectivity index (χ1v) is 14.0. The van der Waals surface area contributed by atoms with Crippen molar-refractivity contribution in [1.29, 1.82) is 0 Å². The molecule has 0 radical (unpaired) electrons. The molecule has 41 heavy (non-hydrogen) atoms. The van der Waals surface area contributed by atoms with Crippen LogP contribution in [0, 0.1) is 6.92 Å². The fourth-order valence-electron chi connectivity index (χ4n) is 5.57. The van der Waals surface area contributed by atoms with Crippen LogP contribution < -0.4 is 14.8 Å². The Morgan fingerprint density at radius 1 is 0.927 bits per heavy atom. The van der Waals surface area contributed by atoms with Crippen LogP contribution in [-0.4, -0.2) is 52.3 Å². The number of rotatable bonds is 10. The zero-order chi connectivity index (χ0) is 29.0. The smallest absolute Gasteiger partial charge is 0.338 e. The Labute approximate surface area is 242 Å². The second-order valence-electron chi connectivity index (χ2n) is 10.7. The van der Waals surface area contributed by atoms with Gasteiger partial charge < -0.3 is 24.4 Å². The Balaban J connectivity index is 1.60. The van der Waals surface area contributed by atoms with Crippen molar-refractivity contribution in [3.8, 4) is 11.5 Å². The number of nitrogens with one attached hydrogen (secondary N) is 1. The Hall–Kier alpha value is -4.29. The summed E-state index contributed by atoms with van der Waals surface area (Å²) in [4.78, 5) is 15.2. The highest BCUT2D eigenvalue weighted by Crippen LogP contribution is 2.48. The summed E-state index contributed by atoms with van der Waals surface area (Å²) in [6.45, 7) is 3.95. The van der Waals surface area contributed by atoms with E-state index in [1.807, 2.05) is 55.5 Å². The van der Waals surface area contributed by atoms with E-state index in [0.717, 1.165) is 64.8 Å². The number of hydrogen-bond donors (Lipinski definition) is 1. The van der Waals surface area contributed by atoms with Crippen LogP contribution in [0.15, 0.2) is 78.9 Å². The van der Waals surface area contributed by atoms with Crippen LogP contribution in [0.4, 0.5) is 5.69 Å². The quantitative estimate of drug-likeness (QED) is 0.169. The number of benzene rings is 4. The predicted molar refractivity (Wildman–Crippen MR) is 166 cm³/mol. The van der Waals surface area contributed by atoms with Crippen LogP contribution in [0.5, 0.6) is 11.5 Å². The van der Waals surface area contributed by atoms with Crippen LogP contribution in [0.3, 0.4) is 0 Å². The summed E-state index contributed by atoms with van der Waals surface area (Å²) in [5.74, 6) is 0.951. The van der Waals surface area contributed by atoms with Crippen molar-refractivity contribution in [1.82, 2.24) is 4.90 Å². The Morgan fingerprint density at radius 3 is 2.34 bits per heavy atom. The monoisotopic (exact) mass is 550 g/mol. The van der Waals surface area contributed by atoms with E-state index in [9.17, 15) is 4.79 Å². The van der Waals surface area contributed by atoms with Crippen molar-refractivity contribution in [2.45, 2.75) is 25.4 Å². The first kappa shape index (κ1) is 28.2. The number of aryl methyl sites for hydroxylation is 1. The summed E-state index contributed by atoms with van der Waals surface area (Å²) < 4.78 is 17.9. The highest BCUT2D eigenvalue weighted by Gasteiger charge is 2.39. The molecule has 0 fully saturated rings. The predicted octanol–water partition coefficient (Wildman–Crippen LogP) is 7.05. The summed E-state index contributed by atoms with van der Waals surface area (Å²) in [5.41, 5.74) is 4.19. The van der Waals surface area contributed by atoms with E-state index in [1.54, 1.807) is 7.11 Å². The molecule has 1 aliphatic heterocycles. The minimum absolute atomic E-state index is 0.391. The van der Waals surface area contributed by atoms with Gasteiger partial charge in [-0.2, -0.15) is 0 Å². The maximum absolute atomic E-state index is 13.0. The normalized spacial score (nSPS) is 15.9. The molecule has 1 N–H and O–H groups in total. The molecular weight excluding hydrogens is 512 g/mol. The Morgan fingerprint density at radius 2 is 1.66 bits per heavy atom. The molecule has 4 aromatic carbocycles. The SMILES string of the molecule is COC(=O)c1c2c(c3cc(OC)ccc3c1C)OC(c1ccccc1)(c1ccc(NCCCCN(C)C)cc1)C=C2. The van der Waals surface area contributed by atoms with Crippen LogP contribution in [-0.2, 0) is 10.3 Å². The summed E-state index contributed by atoms with van der Waals surface area (Å²) in [5, 5.41) is 5.34. The number of ether oxygens (including phenoxy) is 3. The van der Waals surface area contributed by atoms with Crippen LogP contribution in [0.2, 0.25) is 0 Å². The Bertz CT molecular complexity index is 1560. The summed E-state index contributed by atoms with van der Waals surface area (Å²) in [6, 6.07) is 24.5. The summed E-state index contributed by atoms with van der Waals surface area (Å²) in [7, 11) is 7.26. The second kappa shape index (κ2) is 12.1. The second-order valence-corrected chi connectivity index (χ2v) is 10.7. The number of methoxy groups -OCH3 is 2. The molecule has 6 nitrogen and oxygen atoms in total. The molecule has 0 saturated heterocycles. The third-order valence-electron chi connectivity index (χ3n) is 7.78. The number of fused-ring (bicyclic) bond motifs is 3. The fraction of sp³-hybridized carbons (Fsp3) is 0.286. The van der Waals surface area contributed by atoms with E-state index in [-0.39, 0.29) is 0 Å². The first-order chi connectivity index (χ1) is 19.9. The third kappa shape index (κ3) is 5.52. The Kier molecular flexibility index (Phi) is 8.31. The molecule has 0 aliphatic carbocycles. The summed E-state index contributed by atoms with van der Waals surface area (Å²) in [6.07, 6.45) is 6.31. The number of unbranched alkanes of at least 4 members (excludes halogenated alkanes) is 1. The van der Waals surface area contributed by atoms with Crippen molar-refractivity contribution in [3.05, 3.63) is 107 Å². The van der Waals surface area contributed by atoms with E-state index in [1.165, 1.54) is 7.11 Å². The molecule has 1 unspecified atom stereocenters. The molecule has 1 atom stereocenters. The first-order valence-electron chi connectivity index (χ1n) is 14.0. The molecule has 0 aromatic heterocycles. The van der Waals surface area contributed by atoms with Crippen LogP contribution >= 0.6 is 0 Å². The van der Waals surface area contributed by atoms with E-state index < -0.39 is 11.6 Å². The molecule has 0 spiro atoms. The number of hydrogen-bond acceptors (Lipinski definition) is 6. The fourth-order valence-corrected chi connectivity index (χ4v) is 5.57. The van der Waals surface area contributed by atoms with Gasteiger partial charge in [-0.1, -0.05) is 48.5 Å². The van der Waals surface area contributed by atoms with E-state index in [2.05, 4.69) is 60.7 Å². The average molecular weight is 551 g/mol. The van der Waals surface area contributed by atoms with Gasteiger partial charge in [0.25, 0.3) is 0 Å². The van der Waals surface area contributed by atoms with Crippen molar-refractivity contribution >= 4 is 28.5 Å². The van der Waals surface area contributed by atoms with E-state index in [0.29, 0.717) is 16.9 Å². The van der Waals surface area contributed by atoms with Gasteiger partial charge in [0.2, 0.25) is 0 Å². The van der Waals surface area contributed by atoms with E-state index in [4.69, 9.17) is 14.2 Å². The lowest BCUT2D eigenvalue weighted by atomic mass is 9.82. The number of esters is 1. The highest BCUT2D eigenvalue weighted by molar-refractivity contribution is 6.06. The largest absolute Gasteiger partial charge is 0.497 e. The maximum Gasteiger partial charge on any atom is 0.338 e. The number of carbonyl (C=O) groups is 1. The molecule has 1 heterocycles. The minimum Gasteiger partial charge on any atom is -0.497 e. The van der Waals surface area contributed by atoms with Gasteiger partial charge in [0.1, 0.15) is 11.5 Å². The van der Waals surface area contributed by atoms with Crippen molar-refractivity contribution in [3.63, 3.8) is 0 Å². The zero-order valence-corrected chi connectivity index (χ0v) is 24.5. The number of anilines is 1. The van der Waals surface area contributed by atoms with Crippen molar-refractivity contribution in [2.75, 3.05) is 46.7 Å². The van der Waals surface area contributed by atoms with Crippen molar-refractivity contribution in [2.24, 2.45) is 0 Å². The minimum atomic E-state index is -0.906. The van der Waals surface area contributed by atoms with Gasteiger partial charge in [0.05, 0.1) is 19.8 Å². The molecule has 0 saturated carbocycles. The van der Waals surface area contributed by atoms with Gasteiger partial charge in [-0.3, -0.25) is 0 Å². The third-order valence-corrected chi connectivity index (χ3v) is 7.78. The highest BCUT2D eigenvalue weighted by atomic mass is 16.5. The lowest BCUT2D eigenvalue weighted by Gasteiger charge is -2.37. The number of nitrogens with zero attached hydrogens (tertiary/aromatic N) is 1. The number of carbonyl (C=O) groups excluding carboxylic acids is 1. The average Bonchev–Trinajstić information content (AvgIpc) is 3.01. The van der Waals surface area contributed by atoms with E-state index >= 15 is 0 Å². The molecule has 0 amide bonds. The van der Waals surface area contributed by atoms with Crippen LogP contribution in [0.25, 0.3) is 16.8 Å². The maximum atomic E-state index is 13.0. The van der Waals surface area contributed by atoms with Crippen molar-refractivity contribution < 1.29 is 19.0 Å². The standard InChI is InChI=1S/C35H38N2O4/c1-24-29-18-17-28(39-4)23-31(29)33-30(32(24)34(38)40-5)19-20-35(41-33,25-11-7-6-8-12-25)26-13-15-27(16-14-26)36-21-9-10-22-37(2)3/h6-8,11-20,23,36H,9-10,21-22H2,1-5H3. The lowest BCUT2D eigenvalue weighted by molar-refractivity contribution is 0.0598. The topological polar surface area (TPSA) is 60.0 Å². The molecule has 212 valence electrons.